The highest BCUT2D eigenvalue weighted by atomic mass is 35.5. The summed E-state index contributed by atoms with van der Waals surface area (Å²) in [4.78, 5) is 12.7. The van der Waals surface area contributed by atoms with Crippen LogP contribution in [0.15, 0.2) is 18.2 Å². The summed E-state index contributed by atoms with van der Waals surface area (Å²) < 4.78 is 10.4. The zero-order valence-electron chi connectivity index (χ0n) is 11.5. The highest BCUT2D eigenvalue weighted by molar-refractivity contribution is 6.30. The first-order valence-corrected chi connectivity index (χ1v) is 6.43. The molecule has 6 nitrogen and oxygen atoms in total. The zero-order valence-corrected chi connectivity index (χ0v) is 12.2. The molecule has 0 unspecified atom stereocenters. The molecule has 0 bridgehead atoms. The Kier molecular flexibility index (Phi) is 4.57. The van der Waals surface area contributed by atoms with Crippen molar-refractivity contribution >= 4 is 17.5 Å². The van der Waals surface area contributed by atoms with Gasteiger partial charge in [0.15, 0.2) is 5.82 Å². The molecule has 0 amide bonds. The summed E-state index contributed by atoms with van der Waals surface area (Å²) in [6, 6.07) is 5.48. The Bertz CT molecular complexity index is 607. The fourth-order valence-corrected chi connectivity index (χ4v) is 1.83. The quantitative estimate of drug-likeness (QED) is 0.914. The summed E-state index contributed by atoms with van der Waals surface area (Å²) in [6.45, 7) is 2.65. The SMILES string of the molecule is CCNc1nc(OC)nc(-c2cc(Cl)ccc2OC)n1. The van der Waals surface area contributed by atoms with E-state index >= 15 is 0 Å². The molecule has 7 heteroatoms. The zero-order chi connectivity index (χ0) is 14.5. The summed E-state index contributed by atoms with van der Waals surface area (Å²) in [7, 11) is 3.08. The normalized spacial score (nSPS) is 10.2. The largest absolute Gasteiger partial charge is 0.496 e. The van der Waals surface area contributed by atoms with Gasteiger partial charge in [-0.05, 0) is 25.1 Å². The monoisotopic (exact) mass is 294 g/mol. The second kappa shape index (κ2) is 6.38. The molecule has 1 heterocycles. The number of nitrogens with zero attached hydrogens (tertiary/aromatic N) is 3. The fraction of sp³-hybridized carbons (Fsp3) is 0.308. The van der Waals surface area contributed by atoms with Crippen LogP contribution in [0.1, 0.15) is 6.92 Å². The number of benzene rings is 1. The summed E-state index contributed by atoms with van der Waals surface area (Å²) in [5, 5.41) is 3.60. The fourth-order valence-electron chi connectivity index (χ4n) is 1.66. The molecule has 1 N–H and O–H groups in total. The van der Waals surface area contributed by atoms with Gasteiger partial charge in [-0.15, -0.1) is 0 Å². The van der Waals surface area contributed by atoms with Crippen molar-refractivity contribution in [2.75, 3.05) is 26.1 Å². The molecule has 2 aromatic rings. The minimum atomic E-state index is 0.230. The van der Waals surface area contributed by atoms with Gasteiger partial charge >= 0.3 is 6.01 Å². The van der Waals surface area contributed by atoms with Crippen molar-refractivity contribution in [1.82, 2.24) is 15.0 Å². The standard InChI is InChI=1S/C13H15ClN4O2/c1-4-15-12-16-11(17-13(18-12)20-3)9-7-8(14)5-6-10(9)19-2/h5-7H,4H2,1-3H3,(H,15,16,17,18). The van der Waals surface area contributed by atoms with E-state index in [4.69, 9.17) is 21.1 Å². The van der Waals surface area contributed by atoms with Crippen LogP contribution in [-0.2, 0) is 0 Å². The summed E-state index contributed by atoms with van der Waals surface area (Å²) in [5.41, 5.74) is 0.680. The lowest BCUT2D eigenvalue weighted by molar-refractivity contribution is 0.379. The molecule has 0 aliphatic carbocycles. The Morgan fingerprint density at radius 3 is 2.60 bits per heavy atom. The van der Waals surface area contributed by atoms with E-state index in [1.165, 1.54) is 7.11 Å². The first-order valence-electron chi connectivity index (χ1n) is 6.05. The molecule has 0 atom stereocenters. The van der Waals surface area contributed by atoms with Gasteiger partial charge in [0.05, 0.1) is 19.8 Å². The Morgan fingerprint density at radius 1 is 1.15 bits per heavy atom. The molecule has 0 saturated heterocycles. The molecule has 0 radical (unpaired) electrons. The second-order valence-electron chi connectivity index (χ2n) is 3.84. The molecule has 0 saturated carbocycles. The van der Waals surface area contributed by atoms with Gasteiger partial charge in [0, 0.05) is 11.6 Å². The van der Waals surface area contributed by atoms with Gasteiger partial charge in [0.25, 0.3) is 0 Å². The Morgan fingerprint density at radius 2 is 1.95 bits per heavy atom. The molecule has 0 aliphatic rings. The first kappa shape index (κ1) is 14.3. The van der Waals surface area contributed by atoms with Crippen molar-refractivity contribution in [3.05, 3.63) is 23.2 Å². The lowest BCUT2D eigenvalue weighted by Crippen LogP contribution is -2.06. The van der Waals surface area contributed by atoms with E-state index in [0.717, 1.165) is 0 Å². The molecule has 106 valence electrons. The second-order valence-corrected chi connectivity index (χ2v) is 4.28. The first-order chi connectivity index (χ1) is 9.67. The van der Waals surface area contributed by atoms with Gasteiger partial charge in [-0.2, -0.15) is 15.0 Å². The number of aromatic nitrogens is 3. The minimum Gasteiger partial charge on any atom is -0.496 e. The van der Waals surface area contributed by atoms with Crippen molar-refractivity contribution < 1.29 is 9.47 Å². The number of halogens is 1. The lowest BCUT2D eigenvalue weighted by Gasteiger charge is -2.10. The van der Waals surface area contributed by atoms with Gasteiger partial charge in [-0.25, -0.2) is 0 Å². The maximum absolute atomic E-state index is 6.02. The smallest absolute Gasteiger partial charge is 0.321 e. The third-order valence-corrected chi connectivity index (χ3v) is 2.77. The molecule has 2 rings (SSSR count). The number of anilines is 1. The van der Waals surface area contributed by atoms with Gasteiger partial charge in [-0.3, -0.25) is 0 Å². The summed E-state index contributed by atoms with van der Waals surface area (Å²) >= 11 is 6.02. The molecule has 0 fully saturated rings. The molecule has 1 aromatic carbocycles. The van der Waals surface area contributed by atoms with E-state index in [2.05, 4.69) is 20.3 Å². The average molecular weight is 295 g/mol. The Labute approximate surface area is 122 Å². The van der Waals surface area contributed by atoms with Gasteiger partial charge in [-0.1, -0.05) is 11.6 Å². The van der Waals surface area contributed by atoms with Crippen LogP contribution in [0.5, 0.6) is 11.8 Å². The third-order valence-electron chi connectivity index (χ3n) is 2.53. The number of methoxy groups -OCH3 is 2. The number of hydrogen-bond acceptors (Lipinski definition) is 6. The van der Waals surface area contributed by atoms with E-state index in [1.54, 1.807) is 25.3 Å². The Hall–Kier alpha value is -2.08. The van der Waals surface area contributed by atoms with Crippen LogP contribution in [0.2, 0.25) is 5.02 Å². The van der Waals surface area contributed by atoms with Crippen LogP contribution in [0, 0.1) is 0 Å². The highest BCUT2D eigenvalue weighted by Gasteiger charge is 2.13. The molecule has 20 heavy (non-hydrogen) atoms. The van der Waals surface area contributed by atoms with Gasteiger partial charge in [0.1, 0.15) is 5.75 Å². The summed E-state index contributed by atoms with van der Waals surface area (Å²) in [6.07, 6.45) is 0. The topological polar surface area (TPSA) is 69.2 Å². The van der Waals surface area contributed by atoms with E-state index < -0.39 is 0 Å². The predicted molar refractivity (Wildman–Crippen MR) is 77.5 cm³/mol. The molecule has 0 spiro atoms. The van der Waals surface area contributed by atoms with E-state index in [-0.39, 0.29) is 6.01 Å². The average Bonchev–Trinajstić information content (AvgIpc) is 2.47. The van der Waals surface area contributed by atoms with Crippen molar-refractivity contribution in [1.29, 1.82) is 0 Å². The van der Waals surface area contributed by atoms with Crippen LogP contribution < -0.4 is 14.8 Å². The van der Waals surface area contributed by atoms with Crippen LogP contribution in [0.4, 0.5) is 5.95 Å². The van der Waals surface area contributed by atoms with Gasteiger partial charge in [0.2, 0.25) is 5.95 Å². The van der Waals surface area contributed by atoms with Crippen LogP contribution in [0.25, 0.3) is 11.4 Å². The number of rotatable bonds is 5. The van der Waals surface area contributed by atoms with Gasteiger partial charge < -0.3 is 14.8 Å². The van der Waals surface area contributed by atoms with E-state index in [9.17, 15) is 0 Å². The number of nitrogens with one attached hydrogen (secondary N) is 1. The summed E-state index contributed by atoms with van der Waals surface area (Å²) in [5.74, 6) is 1.51. The predicted octanol–water partition coefficient (Wildman–Crippen LogP) is 2.64. The van der Waals surface area contributed by atoms with E-state index in [0.29, 0.717) is 34.7 Å². The molecule has 0 aliphatic heterocycles. The van der Waals surface area contributed by atoms with Crippen LogP contribution in [-0.4, -0.2) is 35.7 Å². The molecular weight excluding hydrogens is 280 g/mol. The highest BCUT2D eigenvalue weighted by Crippen LogP contribution is 2.31. The maximum Gasteiger partial charge on any atom is 0.321 e. The van der Waals surface area contributed by atoms with Crippen LogP contribution in [0.3, 0.4) is 0 Å². The van der Waals surface area contributed by atoms with Crippen LogP contribution >= 0.6 is 11.6 Å². The minimum absolute atomic E-state index is 0.230. The van der Waals surface area contributed by atoms with E-state index in [1.807, 2.05) is 6.92 Å². The molecular formula is C13H15ClN4O2. The van der Waals surface area contributed by atoms with Crippen molar-refractivity contribution in [2.24, 2.45) is 0 Å². The third kappa shape index (κ3) is 3.08. The van der Waals surface area contributed by atoms with Crippen molar-refractivity contribution in [3.8, 4) is 23.1 Å². The number of ether oxygens (including phenoxy) is 2. The molecule has 1 aromatic heterocycles. The van der Waals surface area contributed by atoms with Crippen molar-refractivity contribution in [2.45, 2.75) is 6.92 Å². The Balaban J connectivity index is 2.56. The maximum atomic E-state index is 6.02. The van der Waals surface area contributed by atoms with Crippen molar-refractivity contribution in [3.63, 3.8) is 0 Å². The lowest BCUT2D eigenvalue weighted by atomic mass is 10.2. The number of hydrogen-bond donors (Lipinski definition) is 1.